The summed E-state index contributed by atoms with van der Waals surface area (Å²) in [6.45, 7) is 5.46. The molecule has 1 aromatic rings. The molecule has 0 bridgehead atoms. The highest BCUT2D eigenvalue weighted by atomic mass is 32.2. The van der Waals surface area contributed by atoms with E-state index in [0.29, 0.717) is 5.54 Å². The summed E-state index contributed by atoms with van der Waals surface area (Å²) in [5.74, 6) is 2.07. The first-order valence-electron chi connectivity index (χ1n) is 7.71. The molecule has 2 heterocycles. The summed E-state index contributed by atoms with van der Waals surface area (Å²) in [5, 5.41) is 7.12. The van der Waals surface area contributed by atoms with E-state index in [1.807, 2.05) is 23.1 Å². The first-order chi connectivity index (χ1) is 9.71. The van der Waals surface area contributed by atoms with Crippen molar-refractivity contribution >= 4 is 28.3 Å². The Kier molecular flexibility index (Phi) is 4.41. The maximum absolute atomic E-state index is 4.83. The van der Waals surface area contributed by atoms with E-state index in [0.717, 1.165) is 18.9 Å². The van der Waals surface area contributed by atoms with Gasteiger partial charge in [-0.2, -0.15) is 0 Å². The number of hydrogen-bond donors (Lipinski definition) is 1. The zero-order valence-corrected chi connectivity index (χ0v) is 14.1. The minimum absolute atomic E-state index is 0.351. The van der Waals surface area contributed by atoms with Crippen molar-refractivity contribution in [2.24, 2.45) is 10.9 Å². The number of amidine groups is 1. The topological polar surface area (TPSA) is 24.4 Å². The van der Waals surface area contributed by atoms with E-state index in [1.165, 1.54) is 47.0 Å². The monoisotopic (exact) mass is 308 g/mol. The molecule has 1 saturated carbocycles. The molecule has 1 aliphatic heterocycles. The van der Waals surface area contributed by atoms with Crippen molar-refractivity contribution in [2.45, 2.75) is 58.0 Å². The quantitative estimate of drug-likeness (QED) is 0.892. The summed E-state index contributed by atoms with van der Waals surface area (Å²) in [5.41, 5.74) is 1.81. The average molecular weight is 309 g/mol. The number of nitrogens with zero attached hydrogens (tertiary/aromatic N) is 1. The van der Waals surface area contributed by atoms with E-state index in [1.54, 1.807) is 0 Å². The molecule has 2 aliphatic rings. The Labute approximate surface area is 130 Å². The Hall–Kier alpha value is -0.480. The van der Waals surface area contributed by atoms with Crippen LogP contribution in [0.4, 0.5) is 0 Å². The fourth-order valence-electron chi connectivity index (χ4n) is 3.46. The molecule has 1 aliphatic carbocycles. The van der Waals surface area contributed by atoms with Crippen LogP contribution in [0.3, 0.4) is 0 Å². The number of aryl methyl sites for hydroxylation is 1. The lowest BCUT2D eigenvalue weighted by Gasteiger charge is -2.36. The fourth-order valence-corrected chi connectivity index (χ4v) is 5.55. The molecule has 0 aromatic carbocycles. The van der Waals surface area contributed by atoms with Crippen molar-refractivity contribution in [3.8, 4) is 0 Å². The van der Waals surface area contributed by atoms with Gasteiger partial charge >= 0.3 is 0 Å². The van der Waals surface area contributed by atoms with E-state index in [4.69, 9.17) is 4.99 Å². The molecule has 2 nitrogen and oxygen atoms in total. The Bertz CT molecular complexity index is 494. The smallest absolute Gasteiger partial charge is 0.157 e. The third-order valence-electron chi connectivity index (χ3n) is 4.53. The van der Waals surface area contributed by atoms with Crippen molar-refractivity contribution in [2.75, 3.05) is 5.75 Å². The van der Waals surface area contributed by atoms with Crippen LogP contribution in [0.25, 0.3) is 0 Å². The van der Waals surface area contributed by atoms with Gasteiger partial charge in [-0.25, -0.2) is 0 Å². The van der Waals surface area contributed by atoms with Gasteiger partial charge in [-0.05, 0) is 42.2 Å². The lowest BCUT2D eigenvalue weighted by molar-refractivity contribution is 0.242. The zero-order chi connectivity index (χ0) is 14.0. The minimum atomic E-state index is 0.351. The summed E-state index contributed by atoms with van der Waals surface area (Å²) in [6.07, 6.45) is 6.52. The van der Waals surface area contributed by atoms with Crippen molar-refractivity contribution < 1.29 is 0 Å². The van der Waals surface area contributed by atoms with Crippen molar-refractivity contribution in [3.05, 3.63) is 21.9 Å². The van der Waals surface area contributed by atoms with Crippen LogP contribution in [0.2, 0.25) is 0 Å². The largest absolute Gasteiger partial charge is 0.359 e. The molecule has 0 amide bonds. The molecule has 2 fully saturated rings. The predicted molar refractivity (Wildman–Crippen MR) is 90.8 cm³/mol. The van der Waals surface area contributed by atoms with Gasteiger partial charge in [0.05, 0.1) is 6.54 Å². The molecule has 1 spiro atoms. The van der Waals surface area contributed by atoms with Gasteiger partial charge in [-0.15, -0.1) is 11.3 Å². The highest BCUT2D eigenvalue weighted by Gasteiger charge is 2.40. The van der Waals surface area contributed by atoms with E-state index in [-0.39, 0.29) is 0 Å². The number of hydrogen-bond acceptors (Lipinski definition) is 3. The normalized spacial score (nSPS) is 31.9. The van der Waals surface area contributed by atoms with Crippen molar-refractivity contribution in [1.82, 2.24) is 5.32 Å². The van der Waals surface area contributed by atoms with Gasteiger partial charge in [0.15, 0.2) is 5.17 Å². The third-order valence-corrected chi connectivity index (χ3v) is 6.68. The average Bonchev–Trinajstić information content (AvgIpc) is 3.03. The second kappa shape index (κ2) is 6.10. The van der Waals surface area contributed by atoms with E-state index < -0.39 is 0 Å². The van der Waals surface area contributed by atoms with Crippen molar-refractivity contribution in [3.63, 3.8) is 0 Å². The lowest BCUT2D eigenvalue weighted by atomic mass is 9.78. The Morgan fingerprint density at radius 1 is 1.50 bits per heavy atom. The number of aliphatic imine (C=N–C) groups is 1. The predicted octanol–water partition coefficient (Wildman–Crippen LogP) is 4.45. The molecule has 4 heteroatoms. The highest BCUT2D eigenvalue weighted by Crippen LogP contribution is 2.38. The van der Waals surface area contributed by atoms with Crippen LogP contribution in [-0.4, -0.2) is 16.5 Å². The molecule has 2 atom stereocenters. The molecular weight excluding hydrogens is 284 g/mol. The van der Waals surface area contributed by atoms with Gasteiger partial charge in [0, 0.05) is 16.2 Å². The molecule has 2 unspecified atom stereocenters. The van der Waals surface area contributed by atoms with Crippen molar-refractivity contribution in [1.29, 1.82) is 0 Å². The molecule has 3 rings (SSSR count). The molecular formula is C16H24N2S2. The maximum atomic E-state index is 4.83. The number of thioether (sulfide) groups is 1. The van der Waals surface area contributed by atoms with Crippen LogP contribution in [0.5, 0.6) is 0 Å². The Morgan fingerprint density at radius 3 is 3.20 bits per heavy atom. The summed E-state index contributed by atoms with van der Waals surface area (Å²) >= 11 is 3.77. The molecule has 1 aromatic heterocycles. The lowest BCUT2D eigenvalue weighted by Crippen LogP contribution is -2.47. The second-order valence-electron chi connectivity index (χ2n) is 6.24. The third kappa shape index (κ3) is 3.06. The summed E-state index contributed by atoms with van der Waals surface area (Å²) in [7, 11) is 0. The first kappa shape index (κ1) is 14.5. The van der Waals surface area contributed by atoms with Gasteiger partial charge in [0.25, 0.3) is 0 Å². The minimum Gasteiger partial charge on any atom is -0.359 e. The highest BCUT2D eigenvalue weighted by molar-refractivity contribution is 8.14. The molecule has 20 heavy (non-hydrogen) atoms. The van der Waals surface area contributed by atoms with E-state index in [2.05, 4.69) is 30.6 Å². The molecule has 110 valence electrons. The van der Waals surface area contributed by atoms with Crippen LogP contribution in [-0.2, 0) is 13.0 Å². The van der Waals surface area contributed by atoms with Gasteiger partial charge in [0.1, 0.15) is 0 Å². The van der Waals surface area contributed by atoms with Gasteiger partial charge < -0.3 is 5.32 Å². The maximum Gasteiger partial charge on any atom is 0.157 e. The van der Waals surface area contributed by atoms with E-state index >= 15 is 0 Å². The fraction of sp³-hybridized carbons (Fsp3) is 0.688. The Morgan fingerprint density at radius 2 is 2.40 bits per heavy atom. The first-order valence-corrected chi connectivity index (χ1v) is 9.58. The van der Waals surface area contributed by atoms with Crippen LogP contribution < -0.4 is 5.32 Å². The van der Waals surface area contributed by atoms with E-state index in [9.17, 15) is 0 Å². The van der Waals surface area contributed by atoms with Gasteiger partial charge in [-0.1, -0.05) is 38.5 Å². The van der Waals surface area contributed by atoms with Crippen LogP contribution in [0, 0.1) is 5.92 Å². The van der Waals surface area contributed by atoms with Crippen LogP contribution in [0.15, 0.2) is 16.4 Å². The Balaban J connectivity index is 1.63. The molecule has 0 radical (unpaired) electrons. The standard InChI is InChI=1S/C16H24N2S2/c1-3-13-6-8-19-14(13)10-17-15-18-16(11-20-15)7-4-5-12(2)9-16/h6,8,12H,3-5,7,9-11H2,1-2H3,(H,17,18). The van der Waals surface area contributed by atoms with Crippen LogP contribution >= 0.6 is 23.1 Å². The summed E-state index contributed by atoms with van der Waals surface area (Å²) in [4.78, 5) is 6.26. The number of rotatable bonds is 3. The zero-order valence-electron chi connectivity index (χ0n) is 12.4. The van der Waals surface area contributed by atoms with Gasteiger partial charge in [-0.3, -0.25) is 4.99 Å². The molecule has 1 N–H and O–H groups in total. The van der Waals surface area contributed by atoms with Crippen LogP contribution in [0.1, 0.15) is 50.0 Å². The SMILES string of the molecule is CCc1ccsc1CN=C1NC2(CCCC(C)C2)CS1. The molecule has 1 saturated heterocycles. The summed E-state index contributed by atoms with van der Waals surface area (Å²) < 4.78 is 0. The number of thiophene rings is 1. The summed E-state index contributed by atoms with van der Waals surface area (Å²) in [6, 6.07) is 2.24. The second-order valence-corrected chi connectivity index (χ2v) is 8.20. The van der Waals surface area contributed by atoms with Gasteiger partial charge in [0.2, 0.25) is 0 Å². The number of nitrogens with one attached hydrogen (secondary N) is 1.